The van der Waals surface area contributed by atoms with Crippen molar-refractivity contribution >= 4 is 62.3 Å². The van der Waals surface area contributed by atoms with Gasteiger partial charge in [0.2, 0.25) is 0 Å². The monoisotopic (exact) mass is 1030 g/mol. The van der Waals surface area contributed by atoms with Gasteiger partial charge in [-0.3, -0.25) is 38.8 Å². The minimum Gasteiger partial charge on any atom is -0.497 e. The molecule has 4 aliphatic heterocycles. The molecule has 0 N–H and O–H groups in total. The number of rotatable bonds is 22. The van der Waals surface area contributed by atoms with Crippen molar-refractivity contribution in [1.29, 1.82) is 0 Å². The Balaban J connectivity index is 1.08. The zero-order valence-electron chi connectivity index (χ0n) is 43.6. The van der Waals surface area contributed by atoms with Gasteiger partial charge in [0.05, 0.1) is 50.9 Å². The SMILES string of the molecule is COc1ccc(C2=CN3C(=O)c4cc(OC)ccc4N(COCC[Si](C)(C)C)C(=O)C3C2OCCCOC2C(c3ccc(OC)cc3)=CN3C(=O)c4cc(OC)ccc4N(COCC[Si](C)(C)C)C(=O)[C@H]23)cc1. The summed E-state index contributed by atoms with van der Waals surface area (Å²) in [4.78, 5) is 65.7. The summed E-state index contributed by atoms with van der Waals surface area (Å²) in [5.74, 6) is 0.718. The van der Waals surface area contributed by atoms with Gasteiger partial charge in [0.25, 0.3) is 23.6 Å². The van der Waals surface area contributed by atoms with Crippen LogP contribution in [-0.4, -0.2) is 142 Å². The lowest BCUT2D eigenvalue weighted by Gasteiger charge is -2.31. The maximum Gasteiger partial charge on any atom is 0.260 e. The molecule has 0 aromatic heterocycles. The third kappa shape index (κ3) is 11.6. The van der Waals surface area contributed by atoms with E-state index in [0.29, 0.717) is 76.3 Å². The van der Waals surface area contributed by atoms with E-state index in [1.165, 1.54) is 33.8 Å². The number of nitrogens with zero attached hydrogens (tertiary/aromatic N) is 4. The molecule has 73 heavy (non-hydrogen) atoms. The number of hydrogen-bond acceptors (Lipinski definition) is 12. The second-order valence-electron chi connectivity index (χ2n) is 20.9. The van der Waals surface area contributed by atoms with Crippen LogP contribution in [0.15, 0.2) is 97.3 Å². The van der Waals surface area contributed by atoms with Crippen LogP contribution in [0.5, 0.6) is 23.0 Å². The van der Waals surface area contributed by atoms with Gasteiger partial charge in [-0.15, -0.1) is 0 Å². The lowest BCUT2D eigenvalue weighted by molar-refractivity contribution is -0.126. The van der Waals surface area contributed by atoms with E-state index in [4.69, 9.17) is 37.9 Å². The molecule has 0 saturated carbocycles. The van der Waals surface area contributed by atoms with Gasteiger partial charge in [-0.25, -0.2) is 0 Å². The fraction of sp³-hybridized carbons (Fsp3) is 0.418. The van der Waals surface area contributed by atoms with Crippen LogP contribution in [-0.2, 0) is 28.5 Å². The van der Waals surface area contributed by atoms with Crippen LogP contribution in [0.1, 0.15) is 38.3 Å². The summed E-state index contributed by atoms with van der Waals surface area (Å²) in [7, 11) is 3.31. The Kier molecular flexibility index (Phi) is 16.3. The number of amides is 4. The predicted octanol–water partition coefficient (Wildman–Crippen LogP) is 8.63. The Morgan fingerprint density at radius 1 is 0.466 bits per heavy atom. The second kappa shape index (κ2) is 22.5. The van der Waals surface area contributed by atoms with Crippen molar-refractivity contribution in [2.75, 3.05) is 78.1 Å². The number of benzene rings is 4. The fourth-order valence-electron chi connectivity index (χ4n) is 9.26. The molecule has 0 saturated heterocycles. The van der Waals surface area contributed by atoms with Crippen LogP contribution in [0.4, 0.5) is 11.4 Å². The first-order valence-corrected chi connectivity index (χ1v) is 32.1. The highest BCUT2D eigenvalue weighted by Gasteiger charge is 2.51. The summed E-state index contributed by atoms with van der Waals surface area (Å²) in [5, 5.41) is 0. The molecule has 388 valence electrons. The first kappa shape index (κ1) is 53.0. The molecule has 4 atom stereocenters. The van der Waals surface area contributed by atoms with Crippen LogP contribution in [0.3, 0.4) is 0 Å². The van der Waals surface area contributed by atoms with Crippen LogP contribution < -0.4 is 28.7 Å². The molecular formula is C55H68N4O12Si2. The van der Waals surface area contributed by atoms with Crippen molar-refractivity contribution < 1.29 is 57.1 Å². The summed E-state index contributed by atoms with van der Waals surface area (Å²) in [6, 6.07) is 24.6. The van der Waals surface area contributed by atoms with Gasteiger partial charge in [-0.05, 0) is 90.3 Å². The van der Waals surface area contributed by atoms with Crippen molar-refractivity contribution in [1.82, 2.24) is 9.80 Å². The van der Waals surface area contributed by atoms with Crippen molar-refractivity contribution in [3.05, 3.63) is 120 Å². The van der Waals surface area contributed by atoms with E-state index in [0.717, 1.165) is 23.2 Å². The van der Waals surface area contributed by atoms with Gasteiger partial charge in [0, 0.05) is 66.1 Å². The molecule has 4 aromatic rings. The molecule has 3 unspecified atom stereocenters. The maximum absolute atomic E-state index is 15.1. The quantitative estimate of drug-likeness (QED) is 0.0547. The molecule has 4 heterocycles. The molecule has 4 aromatic carbocycles. The lowest BCUT2D eigenvalue weighted by atomic mass is 9.98. The number of hydrogen-bond donors (Lipinski definition) is 0. The van der Waals surface area contributed by atoms with Gasteiger partial charge >= 0.3 is 0 Å². The maximum atomic E-state index is 15.1. The molecule has 16 nitrogen and oxygen atoms in total. The summed E-state index contributed by atoms with van der Waals surface area (Å²) in [6.07, 6.45) is 1.90. The molecule has 8 rings (SSSR count). The molecule has 18 heteroatoms. The molecule has 0 spiro atoms. The molecule has 4 amide bonds. The van der Waals surface area contributed by atoms with E-state index < -0.39 is 40.4 Å². The van der Waals surface area contributed by atoms with E-state index in [9.17, 15) is 9.59 Å². The summed E-state index contributed by atoms with van der Waals surface area (Å²) in [5.41, 5.74) is 4.16. The van der Waals surface area contributed by atoms with E-state index in [1.807, 2.05) is 48.5 Å². The minimum absolute atomic E-state index is 0.0653. The Bertz CT molecular complexity index is 2550. The Morgan fingerprint density at radius 3 is 1.16 bits per heavy atom. The number of carbonyl (C=O) groups excluding carboxylic acids is 4. The van der Waals surface area contributed by atoms with Crippen LogP contribution in [0.2, 0.25) is 51.4 Å². The molecular weight excluding hydrogens is 965 g/mol. The Morgan fingerprint density at radius 2 is 0.822 bits per heavy atom. The van der Waals surface area contributed by atoms with Crippen molar-refractivity contribution in [2.24, 2.45) is 0 Å². The molecule has 4 aliphatic rings. The predicted molar refractivity (Wildman–Crippen MR) is 285 cm³/mol. The second-order valence-corrected chi connectivity index (χ2v) is 32.1. The zero-order chi connectivity index (χ0) is 52.2. The number of carbonyl (C=O) groups is 4. The normalized spacial score (nSPS) is 19.7. The number of anilines is 2. The van der Waals surface area contributed by atoms with Gasteiger partial charge in [-0.2, -0.15) is 0 Å². The van der Waals surface area contributed by atoms with Crippen LogP contribution >= 0.6 is 0 Å². The van der Waals surface area contributed by atoms with Crippen molar-refractivity contribution in [2.45, 2.75) is 82.1 Å². The Labute approximate surface area is 430 Å². The van der Waals surface area contributed by atoms with Gasteiger partial charge in [-0.1, -0.05) is 63.5 Å². The van der Waals surface area contributed by atoms with Crippen LogP contribution in [0, 0.1) is 0 Å². The zero-order valence-corrected chi connectivity index (χ0v) is 45.6. The first-order valence-electron chi connectivity index (χ1n) is 24.7. The molecule has 0 radical (unpaired) electrons. The third-order valence-corrected chi connectivity index (χ3v) is 16.9. The molecule has 0 fully saturated rings. The van der Waals surface area contributed by atoms with E-state index in [-0.39, 0.29) is 50.3 Å². The number of fused-ring (bicyclic) bond motifs is 4. The minimum atomic E-state index is -1.46. The van der Waals surface area contributed by atoms with Crippen molar-refractivity contribution in [3.8, 4) is 23.0 Å². The number of methoxy groups -OCH3 is 4. The Hall–Kier alpha value is -6.29. The van der Waals surface area contributed by atoms with E-state index in [2.05, 4.69) is 39.3 Å². The molecule has 0 aliphatic carbocycles. The highest BCUT2D eigenvalue weighted by molar-refractivity contribution is 6.76. The topological polar surface area (TPSA) is 155 Å². The largest absolute Gasteiger partial charge is 0.497 e. The lowest BCUT2D eigenvalue weighted by Crippen LogP contribution is -2.51. The standard InChI is InChI=1S/C55H68N4O12Si2/c1-64-38-16-12-36(13-17-38)44-32-56-48(54(62)58(34-68-26-28-72(5,6)7)46-22-20-40(66-3)30-42(46)52(56)60)50(44)70-24-11-25-71-51-45(37-14-18-39(65-2)19-15-37)33-57-49(51)55(63)59(35-69-27-29-73(8,9)10)47-23-21-41(67-4)31-43(47)53(57)61/h12-23,30-33,48-51H,11,24-29,34-35H2,1-10H3/t48-,49?,50?,51?/m0/s1. The van der Waals surface area contributed by atoms with Gasteiger partial charge in [0.15, 0.2) is 0 Å². The highest BCUT2D eigenvalue weighted by Crippen LogP contribution is 2.43. The van der Waals surface area contributed by atoms with Gasteiger partial charge in [0.1, 0.15) is 60.8 Å². The average Bonchev–Trinajstić information content (AvgIpc) is 3.92. The van der Waals surface area contributed by atoms with Gasteiger partial charge < -0.3 is 37.9 Å². The van der Waals surface area contributed by atoms with Crippen LogP contribution in [0.25, 0.3) is 11.1 Å². The molecule has 0 bridgehead atoms. The summed E-state index contributed by atoms with van der Waals surface area (Å²) < 4.78 is 48.0. The smallest absolute Gasteiger partial charge is 0.260 e. The average molecular weight is 1030 g/mol. The number of ether oxygens (including phenoxy) is 8. The van der Waals surface area contributed by atoms with E-state index >= 15 is 9.59 Å². The first-order chi connectivity index (χ1) is 34.9. The van der Waals surface area contributed by atoms with E-state index in [1.54, 1.807) is 63.0 Å². The van der Waals surface area contributed by atoms with Crippen molar-refractivity contribution in [3.63, 3.8) is 0 Å². The summed E-state index contributed by atoms with van der Waals surface area (Å²) >= 11 is 0. The fourth-order valence-corrected chi connectivity index (χ4v) is 10.8. The highest BCUT2D eigenvalue weighted by atomic mass is 28.3. The summed E-state index contributed by atoms with van der Waals surface area (Å²) in [6.45, 7) is 14.5. The third-order valence-electron chi connectivity index (χ3n) is 13.5.